The summed E-state index contributed by atoms with van der Waals surface area (Å²) < 4.78 is 2.08. The van der Waals surface area contributed by atoms with Crippen molar-refractivity contribution < 1.29 is 0 Å². The summed E-state index contributed by atoms with van der Waals surface area (Å²) in [7, 11) is 4.39. The summed E-state index contributed by atoms with van der Waals surface area (Å²) in [6.45, 7) is 14.6. The van der Waals surface area contributed by atoms with Crippen LogP contribution in [0.1, 0.15) is 87.2 Å². The zero-order chi connectivity index (χ0) is 26.8. The first-order valence-corrected chi connectivity index (χ1v) is 14.7. The molecule has 1 unspecified atom stereocenters. The summed E-state index contributed by atoms with van der Waals surface area (Å²) in [5, 5.41) is 5.20. The number of benzene rings is 1. The standard InChI is InChI=1S/C32H46N6/c1-7-29-28-20-31-33-30(37-18-16-24(3)22-37)21-32(38(31)34-28)35(5)17-12-10-8-9-11-13-26-15-14-23(2)19-27(26)25(4)36(29)6/h14-15,19-21,24,29H,4,7-13,16-18,22H2,1-3,5-6H3/t24-,29?/m0/s1. The van der Waals surface area contributed by atoms with Gasteiger partial charge in [-0.25, -0.2) is 4.98 Å². The highest BCUT2D eigenvalue weighted by atomic mass is 15.4. The first-order valence-electron chi connectivity index (χ1n) is 14.7. The van der Waals surface area contributed by atoms with Crippen molar-refractivity contribution in [3.05, 3.63) is 59.3 Å². The van der Waals surface area contributed by atoms with Crippen LogP contribution in [0.15, 0.2) is 36.9 Å². The maximum atomic E-state index is 5.20. The molecule has 0 saturated carbocycles. The Morgan fingerprint density at radius 2 is 1.79 bits per heavy atom. The molecule has 6 nitrogen and oxygen atoms in total. The predicted octanol–water partition coefficient (Wildman–Crippen LogP) is 6.88. The van der Waals surface area contributed by atoms with Gasteiger partial charge in [0.2, 0.25) is 0 Å². The summed E-state index contributed by atoms with van der Waals surface area (Å²) in [6.07, 6.45) is 9.52. The van der Waals surface area contributed by atoms with Gasteiger partial charge in [-0.15, -0.1) is 0 Å². The molecular weight excluding hydrogens is 468 g/mol. The van der Waals surface area contributed by atoms with Crippen LogP contribution in [0.5, 0.6) is 0 Å². The van der Waals surface area contributed by atoms with Crippen molar-refractivity contribution in [1.29, 1.82) is 0 Å². The maximum Gasteiger partial charge on any atom is 0.160 e. The highest BCUT2D eigenvalue weighted by Gasteiger charge is 2.26. The lowest BCUT2D eigenvalue weighted by atomic mass is 9.95. The summed E-state index contributed by atoms with van der Waals surface area (Å²) in [5.74, 6) is 2.93. The highest BCUT2D eigenvalue weighted by molar-refractivity contribution is 5.66. The molecule has 1 fully saturated rings. The van der Waals surface area contributed by atoms with Gasteiger partial charge in [0.1, 0.15) is 11.6 Å². The average Bonchev–Trinajstić information content (AvgIpc) is 3.53. The second-order valence-electron chi connectivity index (χ2n) is 11.7. The van der Waals surface area contributed by atoms with Crippen molar-refractivity contribution in [3.8, 4) is 0 Å². The molecule has 5 rings (SSSR count). The number of rotatable bonds is 2. The first-order chi connectivity index (χ1) is 18.4. The Hall–Kier alpha value is -3.02. The molecule has 2 atom stereocenters. The van der Waals surface area contributed by atoms with Crippen molar-refractivity contribution >= 4 is 23.0 Å². The van der Waals surface area contributed by atoms with E-state index in [0.717, 1.165) is 61.1 Å². The molecule has 2 bridgehead atoms. The largest absolute Gasteiger partial charge is 0.366 e. The molecule has 3 aromatic rings. The van der Waals surface area contributed by atoms with E-state index in [2.05, 4.69) is 91.0 Å². The molecule has 2 aliphatic rings. The molecule has 38 heavy (non-hydrogen) atoms. The Bertz CT molecular complexity index is 1280. The molecule has 2 aromatic heterocycles. The number of aromatic nitrogens is 3. The molecule has 1 aromatic carbocycles. The lowest BCUT2D eigenvalue weighted by Gasteiger charge is -2.31. The number of nitrogens with zero attached hydrogens (tertiary/aromatic N) is 6. The Balaban J connectivity index is 1.58. The van der Waals surface area contributed by atoms with E-state index >= 15 is 0 Å². The summed E-state index contributed by atoms with van der Waals surface area (Å²) in [6, 6.07) is 11.5. The second kappa shape index (κ2) is 11.4. The van der Waals surface area contributed by atoms with Gasteiger partial charge in [-0.3, -0.25) is 0 Å². The summed E-state index contributed by atoms with van der Waals surface area (Å²) >= 11 is 0. The minimum atomic E-state index is 0.127. The van der Waals surface area contributed by atoms with Crippen LogP contribution in [-0.2, 0) is 6.42 Å². The number of hydrogen-bond acceptors (Lipinski definition) is 5. The quantitative estimate of drug-likeness (QED) is 0.373. The first kappa shape index (κ1) is 26.6. The van der Waals surface area contributed by atoms with E-state index in [-0.39, 0.29) is 6.04 Å². The Labute approximate surface area is 229 Å². The SMILES string of the molecule is C=C1c2cc(C)ccc2CCCCCCCN(C)c2cc(N3CC[C@H](C)C3)nc3cc(nn23)C(CC)N1C. The average molecular weight is 515 g/mol. The van der Waals surface area contributed by atoms with Gasteiger partial charge < -0.3 is 14.7 Å². The number of hydrogen-bond donors (Lipinski definition) is 0. The van der Waals surface area contributed by atoms with E-state index < -0.39 is 0 Å². The zero-order valence-electron chi connectivity index (χ0n) is 24.2. The van der Waals surface area contributed by atoms with Crippen molar-refractivity contribution in [2.45, 2.75) is 78.2 Å². The normalized spacial score (nSPS) is 21.8. The van der Waals surface area contributed by atoms with E-state index in [0.29, 0.717) is 5.92 Å². The molecule has 2 aliphatic heterocycles. The van der Waals surface area contributed by atoms with Crippen molar-refractivity contribution in [1.82, 2.24) is 19.5 Å². The van der Waals surface area contributed by atoms with Gasteiger partial charge >= 0.3 is 0 Å². The maximum absolute atomic E-state index is 5.20. The van der Waals surface area contributed by atoms with Crippen LogP contribution < -0.4 is 9.80 Å². The van der Waals surface area contributed by atoms with Crippen LogP contribution in [0.3, 0.4) is 0 Å². The number of anilines is 2. The van der Waals surface area contributed by atoms with Gasteiger partial charge in [0, 0.05) is 57.1 Å². The lowest BCUT2D eigenvalue weighted by molar-refractivity contribution is 0.339. The molecule has 0 spiro atoms. The lowest BCUT2D eigenvalue weighted by Crippen LogP contribution is -2.25. The van der Waals surface area contributed by atoms with Crippen molar-refractivity contribution in [2.75, 3.05) is 43.5 Å². The summed E-state index contributed by atoms with van der Waals surface area (Å²) in [5.41, 5.74) is 7.05. The molecular formula is C32H46N6. The third-order valence-corrected chi connectivity index (χ3v) is 8.69. The molecule has 0 radical (unpaired) electrons. The molecule has 1 saturated heterocycles. The van der Waals surface area contributed by atoms with Crippen LogP contribution in [0, 0.1) is 12.8 Å². The van der Waals surface area contributed by atoms with E-state index in [1.165, 1.54) is 55.2 Å². The van der Waals surface area contributed by atoms with E-state index in [1.807, 2.05) is 0 Å². The van der Waals surface area contributed by atoms with Gasteiger partial charge in [0.15, 0.2) is 5.65 Å². The van der Waals surface area contributed by atoms with E-state index in [4.69, 9.17) is 10.1 Å². The topological polar surface area (TPSA) is 39.9 Å². The highest BCUT2D eigenvalue weighted by Crippen LogP contribution is 2.34. The Morgan fingerprint density at radius 3 is 2.55 bits per heavy atom. The smallest absolute Gasteiger partial charge is 0.160 e. The van der Waals surface area contributed by atoms with Crippen molar-refractivity contribution in [2.24, 2.45) is 5.92 Å². The Morgan fingerprint density at radius 1 is 1.00 bits per heavy atom. The predicted molar refractivity (Wildman–Crippen MR) is 160 cm³/mol. The van der Waals surface area contributed by atoms with E-state index in [1.54, 1.807) is 0 Å². The number of aryl methyl sites for hydroxylation is 2. The minimum absolute atomic E-state index is 0.127. The molecule has 0 amide bonds. The number of fused-ring (bicyclic) bond motifs is 2. The zero-order valence-corrected chi connectivity index (χ0v) is 24.2. The van der Waals surface area contributed by atoms with Crippen LogP contribution in [0.25, 0.3) is 11.3 Å². The molecule has 0 aliphatic carbocycles. The van der Waals surface area contributed by atoms with Gasteiger partial charge in [-0.2, -0.15) is 9.61 Å². The fourth-order valence-electron chi connectivity index (χ4n) is 6.25. The minimum Gasteiger partial charge on any atom is -0.366 e. The molecule has 6 heteroatoms. The fraction of sp³-hybridized carbons (Fsp3) is 0.562. The van der Waals surface area contributed by atoms with Crippen LogP contribution >= 0.6 is 0 Å². The molecule has 4 heterocycles. The van der Waals surface area contributed by atoms with Gasteiger partial charge in [-0.1, -0.05) is 57.4 Å². The van der Waals surface area contributed by atoms with Gasteiger partial charge in [0.05, 0.1) is 11.7 Å². The molecule has 204 valence electrons. The van der Waals surface area contributed by atoms with Gasteiger partial charge in [0.25, 0.3) is 0 Å². The fourth-order valence-corrected chi connectivity index (χ4v) is 6.25. The van der Waals surface area contributed by atoms with Crippen LogP contribution in [0.2, 0.25) is 0 Å². The van der Waals surface area contributed by atoms with Crippen molar-refractivity contribution in [3.63, 3.8) is 0 Å². The van der Waals surface area contributed by atoms with Gasteiger partial charge in [-0.05, 0) is 56.6 Å². The van der Waals surface area contributed by atoms with E-state index in [9.17, 15) is 0 Å². The molecule has 0 N–H and O–H groups in total. The van der Waals surface area contributed by atoms with Crippen LogP contribution in [0.4, 0.5) is 11.6 Å². The third kappa shape index (κ3) is 5.41. The third-order valence-electron chi connectivity index (χ3n) is 8.69. The monoisotopic (exact) mass is 514 g/mol. The Kier molecular flexibility index (Phi) is 7.96. The van der Waals surface area contributed by atoms with Crippen LogP contribution in [-0.4, -0.2) is 53.2 Å². The summed E-state index contributed by atoms with van der Waals surface area (Å²) in [4.78, 5) is 12.3. The second-order valence-corrected chi connectivity index (χ2v) is 11.7.